The van der Waals surface area contributed by atoms with Crippen LogP contribution in [0.15, 0.2) is 16.8 Å². The third kappa shape index (κ3) is 3.50. The third-order valence-corrected chi connectivity index (χ3v) is 3.51. The lowest BCUT2D eigenvalue weighted by molar-refractivity contribution is 0.262. The van der Waals surface area contributed by atoms with Crippen molar-refractivity contribution in [1.82, 2.24) is 10.2 Å². The van der Waals surface area contributed by atoms with Crippen LogP contribution in [0.3, 0.4) is 0 Å². The van der Waals surface area contributed by atoms with E-state index in [1.54, 1.807) is 0 Å². The monoisotopic (exact) mass is 268 g/mol. The fourth-order valence-electron chi connectivity index (χ4n) is 1.21. The first-order chi connectivity index (χ1) is 8.28. The zero-order valence-electron chi connectivity index (χ0n) is 9.27. The van der Waals surface area contributed by atoms with Gasteiger partial charge in [-0.25, -0.2) is 4.79 Å². The van der Waals surface area contributed by atoms with Crippen LogP contribution in [0.2, 0.25) is 0 Å². The molecule has 0 saturated carbocycles. The Hall–Kier alpha value is -1.47. The van der Waals surface area contributed by atoms with Crippen molar-refractivity contribution in [3.8, 4) is 0 Å². The number of rotatable bonds is 4. The summed E-state index contributed by atoms with van der Waals surface area (Å²) in [6.07, 6.45) is 1.92. The Kier molecular flexibility index (Phi) is 4.05. The molecule has 0 unspecified atom stereocenters. The molecule has 7 heteroatoms. The van der Waals surface area contributed by atoms with Crippen molar-refractivity contribution in [3.63, 3.8) is 0 Å². The van der Waals surface area contributed by atoms with E-state index in [1.807, 2.05) is 16.8 Å². The Morgan fingerprint density at radius 2 is 2.29 bits per heavy atom. The summed E-state index contributed by atoms with van der Waals surface area (Å²) in [6, 6.07) is 1.55. The molecule has 90 valence electrons. The van der Waals surface area contributed by atoms with Crippen LogP contribution in [0.25, 0.3) is 0 Å². The average Bonchev–Trinajstić information content (AvgIpc) is 2.91. The molecule has 0 bridgehead atoms. The van der Waals surface area contributed by atoms with Crippen molar-refractivity contribution in [2.24, 2.45) is 0 Å². The van der Waals surface area contributed by atoms with E-state index in [2.05, 4.69) is 27.8 Å². The van der Waals surface area contributed by atoms with Crippen molar-refractivity contribution >= 4 is 39.5 Å². The highest BCUT2D eigenvalue weighted by molar-refractivity contribution is 7.15. The maximum absolute atomic E-state index is 11.6. The number of nitrogens with one attached hydrogen (secondary N) is 2. The predicted octanol–water partition coefficient (Wildman–Crippen LogP) is 3.20. The molecule has 0 aliphatic carbocycles. The molecule has 0 aromatic carbocycles. The molecule has 0 atom stereocenters. The molecule has 0 radical (unpaired) electrons. The van der Waals surface area contributed by atoms with E-state index < -0.39 is 0 Å². The molecule has 0 saturated heterocycles. The van der Waals surface area contributed by atoms with E-state index in [9.17, 15) is 4.79 Å². The van der Waals surface area contributed by atoms with Crippen molar-refractivity contribution < 1.29 is 4.79 Å². The second kappa shape index (κ2) is 5.74. The minimum absolute atomic E-state index is 0.289. The highest BCUT2D eigenvalue weighted by atomic mass is 32.1. The van der Waals surface area contributed by atoms with E-state index in [0.29, 0.717) is 5.13 Å². The van der Waals surface area contributed by atoms with E-state index in [0.717, 1.165) is 23.5 Å². The minimum atomic E-state index is -0.289. The summed E-state index contributed by atoms with van der Waals surface area (Å²) in [4.78, 5) is 11.6. The van der Waals surface area contributed by atoms with Gasteiger partial charge in [0.05, 0.1) is 5.69 Å². The number of nitrogens with zero attached hydrogens (tertiary/aromatic N) is 2. The minimum Gasteiger partial charge on any atom is -0.307 e. The van der Waals surface area contributed by atoms with Crippen LogP contribution in [-0.2, 0) is 6.42 Å². The zero-order chi connectivity index (χ0) is 12.1. The standard InChI is InChI=1S/C10H12N4OS2/c1-2-3-8-13-14-10(17-8)12-9(15)11-7-4-5-16-6-7/h4-6H,2-3H2,1H3,(H2,11,12,14,15). The molecule has 2 aromatic rings. The largest absolute Gasteiger partial charge is 0.325 e. The zero-order valence-corrected chi connectivity index (χ0v) is 10.9. The molecule has 0 fully saturated rings. The van der Waals surface area contributed by atoms with Crippen molar-refractivity contribution in [1.29, 1.82) is 0 Å². The van der Waals surface area contributed by atoms with Crippen molar-refractivity contribution in [2.45, 2.75) is 19.8 Å². The van der Waals surface area contributed by atoms with E-state index >= 15 is 0 Å². The molecule has 2 rings (SSSR count). The Morgan fingerprint density at radius 3 is 3.00 bits per heavy atom. The molecule has 2 N–H and O–H groups in total. The summed E-state index contributed by atoms with van der Waals surface area (Å²) in [5, 5.41) is 18.5. The van der Waals surface area contributed by atoms with Gasteiger partial charge in [-0.15, -0.1) is 10.2 Å². The van der Waals surface area contributed by atoms with E-state index in [-0.39, 0.29) is 6.03 Å². The number of hydrogen-bond donors (Lipinski definition) is 2. The van der Waals surface area contributed by atoms with Gasteiger partial charge in [0.2, 0.25) is 5.13 Å². The maximum Gasteiger partial charge on any atom is 0.325 e. The molecule has 2 aromatic heterocycles. The molecule has 2 amide bonds. The number of carbonyl (C=O) groups excluding carboxylic acids is 1. The molecule has 0 spiro atoms. The van der Waals surface area contributed by atoms with Gasteiger partial charge in [-0.05, 0) is 17.9 Å². The maximum atomic E-state index is 11.6. The topological polar surface area (TPSA) is 66.9 Å². The van der Waals surface area contributed by atoms with Gasteiger partial charge in [-0.2, -0.15) is 11.3 Å². The number of thiophene rings is 1. The van der Waals surface area contributed by atoms with Crippen molar-refractivity contribution in [3.05, 3.63) is 21.8 Å². The number of aryl methyl sites for hydroxylation is 1. The fourth-order valence-corrected chi connectivity index (χ4v) is 2.64. The van der Waals surface area contributed by atoms with Crippen LogP contribution in [0, 0.1) is 0 Å². The molecular weight excluding hydrogens is 256 g/mol. The van der Waals surface area contributed by atoms with Gasteiger partial charge in [-0.3, -0.25) is 5.32 Å². The molecule has 2 heterocycles. The summed E-state index contributed by atoms with van der Waals surface area (Å²) in [7, 11) is 0. The lowest BCUT2D eigenvalue weighted by Gasteiger charge is -2.01. The number of urea groups is 1. The molecular formula is C10H12N4OS2. The van der Waals surface area contributed by atoms with Gasteiger partial charge in [0.25, 0.3) is 0 Å². The second-order valence-corrected chi connectivity index (χ2v) is 5.18. The highest BCUT2D eigenvalue weighted by Crippen LogP contribution is 2.17. The van der Waals surface area contributed by atoms with Gasteiger partial charge in [0.15, 0.2) is 0 Å². The van der Waals surface area contributed by atoms with Crippen LogP contribution in [0.4, 0.5) is 15.6 Å². The lowest BCUT2D eigenvalue weighted by Crippen LogP contribution is -2.18. The van der Waals surface area contributed by atoms with Gasteiger partial charge >= 0.3 is 6.03 Å². The number of hydrogen-bond acceptors (Lipinski definition) is 5. The Labute approximate surface area is 107 Å². The number of aromatic nitrogens is 2. The summed E-state index contributed by atoms with van der Waals surface area (Å²) in [5.41, 5.74) is 0.783. The molecule has 5 nitrogen and oxygen atoms in total. The molecule has 0 aliphatic heterocycles. The summed E-state index contributed by atoms with van der Waals surface area (Å²) < 4.78 is 0. The van der Waals surface area contributed by atoms with Crippen LogP contribution < -0.4 is 10.6 Å². The van der Waals surface area contributed by atoms with E-state index in [4.69, 9.17) is 0 Å². The smallest absolute Gasteiger partial charge is 0.307 e. The Balaban J connectivity index is 1.89. The fraction of sp³-hybridized carbons (Fsp3) is 0.300. The average molecular weight is 268 g/mol. The quantitative estimate of drug-likeness (QED) is 0.894. The van der Waals surface area contributed by atoms with Crippen LogP contribution in [0.1, 0.15) is 18.4 Å². The first-order valence-electron chi connectivity index (χ1n) is 5.20. The van der Waals surface area contributed by atoms with Crippen LogP contribution in [-0.4, -0.2) is 16.2 Å². The van der Waals surface area contributed by atoms with Gasteiger partial charge in [-0.1, -0.05) is 18.3 Å². The Morgan fingerprint density at radius 1 is 1.41 bits per heavy atom. The second-order valence-electron chi connectivity index (χ2n) is 3.34. The molecule has 17 heavy (non-hydrogen) atoms. The molecule has 0 aliphatic rings. The number of anilines is 2. The predicted molar refractivity (Wildman–Crippen MR) is 70.9 cm³/mol. The van der Waals surface area contributed by atoms with Gasteiger partial charge in [0, 0.05) is 11.8 Å². The normalized spacial score (nSPS) is 10.2. The highest BCUT2D eigenvalue weighted by Gasteiger charge is 2.07. The SMILES string of the molecule is CCCc1nnc(NC(=O)Nc2ccsc2)s1. The van der Waals surface area contributed by atoms with Crippen LogP contribution >= 0.6 is 22.7 Å². The van der Waals surface area contributed by atoms with Gasteiger partial charge < -0.3 is 5.32 Å². The third-order valence-electron chi connectivity index (χ3n) is 1.93. The lowest BCUT2D eigenvalue weighted by atomic mass is 10.4. The summed E-state index contributed by atoms with van der Waals surface area (Å²) in [5.74, 6) is 0. The summed E-state index contributed by atoms with van der Waals surface area (Å²) in [6.45, 7) is 2.08. The first-order valence-corrected chi connectivity index (χ1v) is 6.96. The first kappa shape index (κ1) is 12.0. The number of carbonyl (C=O) groups is 1. The van der Waals surface area contributed by atoms with Crippen LogP contribution in [0.5, 0.6) is 0 Å². The van der Waals surface area contributed by atoms with Gasteiger partial charge in [0.1, 0.15) is 5.01 Å². The summed E-state index contributed by atoms with van der Waals surface area (Å²) >= 11 is 2.94. The van der Waals surface area contributed by atoms with Crippen molar-refractivity contribution in [2.75, 3.05) is 10.6 Å². The van der Waals surface area contributed by atoms with E-state index in [1.165, 1.54) is 22.7 Å². The Bertz CT molecular complexity index is 480. The number of amides is 2.